The first-order valence-electron chi connectivity index (χ1n) is 4.38. The molecule has 0 saturated carbocycles. The number of hydrogen-bond donors (Lipinski definition) is 1. The van der Waals surface area contributed by atoms with E-state index in [0.717, 1.165) is 19.3 Å². The van der Waals surface area contributed by atoms with Crippen LogP contribution in [-0.4, -0.2) is 5.91 Å². The fourth-order valence-corrected chi connectivity index (χ4v) is 1.23. The first-order valence-corrected chi connectivity index (χ1v) is 4.38. The summed E-state index contributed by atoms with van der Waals surface area (Å²) in [5, 5.41) is 0. The highest BCUT2D eigenvalue weighted by atomic mass is 16.1. The Morgan fingerprint density at radius 1 is 1.45 bits per heavy atom. The molecule has 0 aliphatic rings. The Kier molecular flexibility index (Phi) is 4.92. The summed E-state index contributed by atoms with van der Waals surface area (Å²) in [5.74, 6) is 0.322. The maximum atomic E-state index is 10.9. The lowest BCUT2D eigenvalue weighted by Crippen LogP contribution is -2.27. The van der Waals surface area contributed by atoms with Crippen molar-refractivity contribution in [3.8, 4) is 0 Å². The number of rotatable bonds is 5. The molecule has 0 radical (unpaired) electrons. The summed E-state index contributed by atoms with van der Waals surface area (Å²) < 4.78 is 0. The zero-order valence-corrected chi connectivity index (χ0v) is 7.76. The smallest absolute Gasteiger partial charge is 0.220 e. The van der Waals surface area contributed by atoms with Crippen molar-refractivity contribution < 1.29 is 4.79 Å². The van der Waals surface area contributed by atoms with E-state index in [0.29, 0.717) is 5.92 Å². The third kappa shape index (κ3) is 4.02. The number of carbonyl (C=O) groups excluding carboxylic acids is 1. The van der Waals surface area contributed by atoms with Gasteiger partial charge in [-0.05, 0) is 12.3 Å². The van der Waals surface area contributed by atoms with E-state index >= 15 is 0 Å². The predicted octanol–water partition coefficient (Wildman–Crippen LogP) is 1.93. The van der Waals surface area contributed by atoms with Crippen molar-refractivity contribution in [2.45, 2.75) is 40.0 Å². The minimum Gasteiger partial charge on any atom is -0.369 e. The fourth-order valence-electron chi connectivity index (χ4n) is 1.23. The molecule has 66 valence electrons. The van der Waals surface area contributed by atoms with Crippen LogP contribution in [0.25, 0.3) is 0 Å². The van der Waals surface area contributed by atoms with Crippen LogP contribution in [0.2, 0.25) is 0 Å². The first kappa shape index (κ1) is 10.5. The molecule has 0 saturated heterocycles. The zero-order valence-electron chi connectivity index (χ0n) is 7.76. The summed E-state index contributed by atoms with van der Waals surface area (Å²) in [6, 6.07) is 0. The van der Waals surface area contributed by atoms with Crippen LogP contribution < -0.4 is 5.73 Å². The number of nitrogens with two attached hydrogens (primary N) is 1. The maximum absolute atomic E-state index is 10.9. The Labute approximate surface area is 69.2 Å². The van der Waals surface area contributed by atoms with Gasteiger partial charge in [-0.15, -0.1) is 0 Å². The highest BCUT2D eigenvalue weighted by molar-refractivity contribution is 5.76. The number of unbranched alkanes of at least 4 members (excludes halogenated alkanes) is 1. The molecule has 0 aromatic carbocycles. The summed E-state index contributed by atoms with van der Waals surface area (Å²) in [5.41, 5.74) is 5.24. The summed E-state index contributed by atoms with van der Waals surface area (Å²) in [4.78, 5) is 10.9. The summed E-state index contributed by atoms with van der Waals surface area (Å²) in [6.45, 7) is 6.22. The van der Waals surface area contributed by atoms with Crippen molar-refractivity contribution >= 4 is 5.91 Å². The van der Waals surface area contributed by atoms with Crippen LogP contribution in [0, 0.1) is 11.8 Å². The summed E-state index contributed by atoms with van der Waals surface area (Å²) in [6.07, 6.45) is 3.19. The number of carbonyl (C=O) groups is 1. The van der Waals surface area contributed by atoms with Crippen LogP contribution in [0.3, 0.4) is 0 Å². The molecule has 11 heavy (non-hydrogen) atoms. The minimum absolute atomic E-state index is 0.0787. The minimum atomic E-state index is -0.145. The van der Waals surface area contributed by atoms with E-state index in [4.69, 9.17) is 5.73 Å². The molecule has 0 bridgehead atoms. The molecule has 2 nitrogen and oxygen atoms in total. The standard InChI is InChI=1S/C9H19NO/c1-4-5-6-8(7(2)3)9(10)11/h7-8H,4-6H2,1-3H3,(H2,10,11)/t8-/m0/s1. The van der Waals surface area contributed by atoms with E-state index in [1.807, 2.05) is 13.8 Å². The highest BCUT2D eigenvalue weighted by Gasteiger charge is 2.17. The van der Waals surface area contributed by atoms with Gasteiger partial charge in [0.2, 0.25) is 5.91 Å². The first-order chi connectivity index (χ1) is 5.09. The van der Waals surface area contributed by atoms with Gasteiger partial charge < -0.3 is 5.73 Å². The average Bonchev–Trinajstić information content (AvgIpc) is 1.87. The fraction of sp³-hybridized carbons (Fsp3) is 0.889. The van der Waals surface area contributed by atoms with Gasteiger partial charge >= 0.3 is 0 Å². The van der Waals surface area contributed by atoms with Gasteiger partial charge in [-0.3, -0.25) is 4.79 Å². The van der Waals surface area contributed by atoms with Crippen LogP contribution in [-0.2, 0) is 4.79 Å². The van der Waals surface area contributed by atoms with Crippen molar-refractivity contribution in [3.05, 3.63) is 0 Å². The van der Waals surface area contributed by atoms with Crippen molar-refractivity contribution in [1.29, 1.82) is 0 Å². The van der Waals surface area contributed by atoms with E-state index in [9.17, 15) is 4.79 Å². The summed E-state index contributed by atoms with van der Waals surface area (Å²) >= 11 is 0. The van der Waals surface area contributed by atoms with Crippen molar-refractivity contribution in [1.82, 2.24) is 0 Å². The van der Waals surface area contributed by atoms with Crippen molar-refractivity contribution in [3.63, 3.8) is 0 Å². The Balaban J connectivity index is 3.80. The molecule has 1 amide bonds. The van der Waals surface area contributed by atoms with Crippen LogP contribution in [0.15, 0.2) is 0 Å². The van der Waals surface area contributed by atoms with Crippen LogP contribution >= 0.6 is 0 Å². The molecule has 0 aromatic heterocycles. The third-order valence-electron chi connectivity index (χ3n) is 2.04. The quantitative estimate of drug-likeness (QED) is 0.651. The van der Waals surface area contributed by atoms with E-state index in [-0.39, 0.29) is 11.8 Å². The molecule has 0 aliphatic carbocycles. The van der Waals surface area contributed by atoms with Crippen LogP contribution in [0.4, 0.5) is 0 Å². The van der Waals surface area contributed by atoms with E-state index in [1.54, 1.807) is 0 Å². The van der Waals surface area contributed by atoms with Crippen LogP contribution in [0.1, 0.15) is 40.0 Å². The average molecular weight is 157 g/mol. The van der Waals surface area contributed by atoms with Gasteiger partial charge in [-0.25, -0.2) is 0 Å². The Morgan fingerprint density at radius 3 is 2.27 bits per heavy atom. The molecule has 0 aliphatic heterocycles. The van der Waals surface area contributed by atoms with Gasteiger partial charge in [0.15, 0.2) is 0 Å². The monoisotopic (exact) mass is 157 g/mol. The topological polar surface area (TPSA) is 43.1 Å². The number of primary amides is 1. The van der Waals surface area contributed by atoms with Gasteiger partial charge in [0, 0.05) is 5.92 Å². The Bertz CT molecular complexity index is 121. The largest absolute Gasteiger partial charge is 0.369 e. The highest BCUT2D eigenvalue weighted by Crippen LogP contribution is 2.17. The second kappa shape index (κ2) is 5.16. The second-order valence-electron chi connectivity index (χ2n) is 3.40. The molecule has 0 heterocycles. The van der Waals surface area contributed by atoms with Crippen LogP contribution in [0.5, 0.6) is 0 Å². The van der Waals surface area contributed by atoms with E-state index in [1.165, 1.54) is 0 Å². The lowest BCUT2D eigenvalue weighted by Gasteiger charge is -2.15. The normalized spacial score (nSPS) is 13.5. The predicted molar refractivity (Wildman–Crippen MR) is 47.0 cm³/mol. The number of amides is 1. The molecule has 0 rings (SSSR count). The third-order valence-corrected chi connectivity index (χ3v) is 2.04. The molecule has 0 aromatic rings. The van der Waals surface area contributed by atoms with Gasteiger partial charge in [-0.2, -0.15) is 0 Å². The second-order valence-corrected chi connectivity index (χ2v) is 3.40. The molecular formula is C9H19NO. The van der Waals surface area contributed by atoms with E-state index in [2.05, 4.69) is 6.92 Å². The zero-order chi connectivity index (χ0) is 8.85. The Hall–Kier alpha value is -0.530. The molecule has 0 unspecified atom stereocenters. The Morgan fingerprint density at radius 2 is 2.00 bits per heavy atom. The van der Waals surface area contributed by atoms with Crippen molar-refractivity contribution in [2.24, 2.45) is 17.6 Å². The summed E-state index contributed by atoms with van der Waals surface area (Å²) in [7, 11) is 0. The van der Waals surface area contributed by atoms with Gasteiger partial charge in [0.05, 0.1) is 0 Å². The van der Waals surface area contributed by atoms with Crippen molar-refractivity contribution in [2.75, 3.05) is 0 Å². The van der Waals surface area contributed by atoms with E-state index < -0.39 is 0 Å². The number of hydrogen-bond acceptors (Lipinski definition) is 1. The maximum Gasteiger partial charge on any atom is 0.220 e. The molecule has 0 fully saturated rings. The van der Waals surface area contributed by atoms with Gasteiger partial charge in [0.1, 0.15) is 0 Å². The van der Waals surface area contributed by atoms with Gasteiger partial charge in [-0.1, -0.05) is 33.6 Å². The SMILES string of the molecule is CCCC[C@H](C(N)=O)C(C)C. The molecular weight excluding hydrogens is 138 g/mol. The molecule has 2 N–H and O–H groups in total. The van der Waals surface area contributed by atoms with Gasteiger partial charge in [0.25, 0.3) is 0 Å². The lowest BCUT2D eigenvalue weighted by atomic mass is 9.90. The molecule has 0 spiro atoms. The molecule has 1 atom stereocenters. The molecule has 2 heteroatoms. The lowest BCUT2D eigenvalue weighted by molar-refractivity contribution is -0.123.